The Balaban J connectivity index is 1.93. The number of benzene rings is 3. The Bertz CT molecular complexity index is 1390. The minimum atomic E-state index is 0.0309. The van der Waals surface area contributed by atoms with Crippen LogP contribution in [-0.4, -0.2) is 9.55 Å². The van der Waals surface area contributed by atoms with Crippen molar-refractivity contribution in [3.05, 3.63) is 77.3 Å². The third-order valence-corrected chi connectivity index (χ3v) is 7.11. The first-order chi connectivity index (χ1) is 14.4. The van der Waals surface area contributed by atoms with Crippen LogP contribution < -0.4 is 4.57 Å². The van der Waals surface area contributed by atoms with Crippen LogP contribution in [-0.2, 0) is 12.5 Å². The summed E-state index contributed by atoms with van der Waals surface area (Å²) in [5, 5.41) is 1.18. The van der Waals surface area contributed by atoms with Crippen LogP contribution in [0.1, 0.15) is 31.3 Å². The minimum absolute atomic E-state index is 0.0309. The summed E-state index contributed by atoms with van der Waals surface area (Å²) < 4.78 is 5.92. The highest BCUT2D eigenvalue weighted by molar-refractivity contribution is 7.18. The molecule has 4 heteroatoms. The van der Waals surface area contributed by atoms with E-state index < -0.39 is 0 Å². The van der Waals surface area contributed by atoms with Crippen LogP contribution >= 0.6 is 11.3 Å². The Morgan fingerprint density at radius 3 is 2.33 bits per heavy atom. The lowest BCUT2D eigenvalue weighted by atomic mass is 9.98. The molecular weight excluding hydrogens is 386 g/mol. The molecule has 5 rings (SSSR count). The maximum atomic E-state index is 5.16. The Hall–Kier alpha value is -2.98. The zero-order valence-corrected chi connectivity index (χ0v) is 18.9. The fourth-order valence-electron chi connectivity index (χ4n) is 4.13. The summed E-state index contributed by atoms with van der Waals surface area (Å²) in [5.41, 5.74) is 7.14. The molecule has 0 N–H and O–H groups in total. The van der Waals surface area contributed by atoms with Crippen molar-refractivity contribution in [2.24, 2.45) is 7.05 Å². The standard InChI is InChI=1S/C26H26N3S/c1-17-15-16-21-23(27-25(30-21)26(2,3)4)22(17)24-28(5)19-13-9-10-14-20(19)29(24)18-11-7-6-8-12-18/h6-16H,1-5H3/q+1. The molecule has 2 aromatic heterocycles. The summed E-state index contributed by atoms with van der Waals surface area (Å²) in [6, 6.07) is 23.7. The Kier molecular flexibility index (Phi) is 4.30. The van der Waals surface area contributed by atoms with Gasteiger partial charge in [0.05, 0.1) is 27.8 Å². The summed E-state index contributed by atoms with van der Waals surface area (Å²) in [6.07, 6.45) is 0. The van der Waals surface area contributed by atoms with Gasteiger partial charge in [-0.05, 0) is 42.8 Å². The molecule has 0 spiro atoms. The van der Waals surface area contributed by atoms with E-state index in [-0.39, 0.29) is 5.41 Å². The van der Waals surface area contributed by atoms with Gasteiger partial charge in [-0.25, -0.2) is 9.55 Å². The quantitative estimate of drug-likeness (QED) is 0.310. The molecule has 0 amide bonds. The van der Waals surface area contributed by atoms with E-state index in [2.05, 4.69) is 111 Å². The third-order valence-electron chi connectivity index (χ3n) is 5.66. The van der Waals surface area contributed by atoms with Gasteiger partial charge in [-0.3, -0.25) is 0 Å². The van der Waals surface area contributed by atoms with Gasteiger partial charge in [0.2, 0.25) is 0 Å². The number of aryl methyl sites for hydroxylation is 2. The average Bonchev–Trinajstić information content (AvgIpc) is 3.29. The summed E-state index contributed by atoms with van der Waals surface area (Å²) in [4.78, 5) is 5.16. The highest BCUT2D eigenvalue weighted by Gasteiger charge is 2.30. The van der Waals surface area contributed by atoms with Gasteiger partial charge >= 0.3 is 0 Å². The predicted molar refractivity (Wildman–Crippen MR) is 127 cm³/mol. The number of hydrogen-bond donors (Lipinski definition) is 0. The largest absolute Gasteiger partial charge is 0.297 e. The summed E-state index contributed by atoms with van der Waals surface area (Å²) in [7, 11) is 2.16. The molecule has 0 unspecified atom stereocenters. The van der Waals surface area contributed by atoms with Crippen LogP contribution in [0.2, 0.25) is 0 Å². The molecule has 0 saturated heterocycles. The van der Waals surface area contributed by atoms with E-state index in [1.807, 2.05) is 0 Å². The van der Waals surface area contributed by atoms with Gasteiger partial charge in [-0.1, -0.05) is 57.2 Å². The van der Waals surface area contributed by atoms with E-state index in [0.29, 0.717) is 0 Å². The smallest absolute Gasteiger partial charge is 0.240 e. The van der Waals surface area contributed by atoms with Crippen molar-refractivity contribution in [2.75, 3.05) is 0 Å². The van der Waals surface area contributed by atoms with Gasteiger partial charge in [0, 0.05) is 5.41 Å². The van der Waals surface area contributed by atoms with Crippen LogP contribution in [0.15, 0.2) is 66.7 Å². The average molecular weight is 413 g/mol. The van der Waals surface area contributed by atoms with Crippen molar-refractivity contribution in [1.29, 1.82) is 0 Å². The number of aromatic nitrogens is 3. The molecule has 0 aliphatic rings. The molecule has 30 heavy (non-hydrogen) atoms. The maximum Gasteiger partial charge on any atom is 0.297 e. The van der Waals surface area contributed by atoms with Crippen molar-refractivity contribution in [1.82, 2.24) is 9.55 Å². The lowest BCUT2D eigenvalue weighted by molar-refractivity contribution is -0.633. The van der Waals surface area contributed by atoms with E-state index in [9.17, 15) is 0 Å². The molecule has 3 aromatic carbocycles. The number of nitrogens with zero attached hydrogens (tertiary/aromatic N) is 3. The number of rotatable bonds is 2. The van der Waals surface area contributed by atoms with Crippen LogP contribution in [0.4, 0.5) is 0 Å². The number of para-hydroxylation sites is 3. The molecule has 0 saturated carbocycles. The molecule has 0 fully saturated rings. The fraction of sp³-hybridized carbons (Fsp3) is 0.231. The maximum absolute atomic E-state index is 5.16. The van der Waals surface area contributed by atoms with Crippen LogP contribution in [0.25, 0.3) is 38.3 Å². The topological polar surface area (TPSA) is 21.7 Å². The van der Waals surface area contributed by atoms with Gasteiger partial charge in [-0.15, -0.1) is 11.3 Å². The lowest BCUT2D eigenvalue weighted by Crippen LogP contribution is -2.30. The Morgan fingerprint density at radius 1 is 0.900 bits per heavy atom. The van der Waals surface area contributed by atoms with Crippen molar-refractivity contribution in [2.45, 2.75) is 33.1 Å². The molecule has 5 aromatic rings. The lowest BCUT2D eigenvalue weighted by Gasteiger charge is -2.13. The van der Waals surface area contributed by atoms with E-state index in [1.165, 1.54) is 31.9 Å². The van der Waals surface area contributed by atoms with Crippen molar-refractivity contribution < 1.29 is 4.57 Å². The molecule has 0 atom stereocenters. The second-order valence-electron chi connectivity index (χ2n) is 8.92. The number of fused-ring (bicyclic) bond motifs is 2. The first-order valence-electron chi connectivity index (χ1n) is 10.3. The highest BCUT2D eigenvalue weighted by atomic mass is 32.1. The summed E-state index contributed by atoms with van der Waals surface area (Å²) in [5.74, 6) is 1.16. The molecule has 0 radical (unpaired) electrons. The molecule has 0 aliphatic carbocycles. The first kappa shape index (κ1) is 19.0. The highest BCUT2D eigenvalue weighted by Crippen LogP contribution is 2.38. The number of imidazole rings is 1. The zero-order valence-electron chi connectivity index (χ0n) is 18.1. The van der Waals surface area contributed by atoms with Crippen LogP contribution in [0.5, 0.6) is 0 Å². The van der Waals surface area contributed by atoms with E-state index in [1.54, 1.807) is 11.3 Å². The fourth-order valence-corrected chi connectivity index (χ4v) is 5.16. The SMILES string of the molecule is Cc1ccc2sc(C(C)(C)C)nc2c1-c1n(-c2ccccc2)c2ccccc2[n+]1C. The molecule has 3 nitrogen and oxygen atoms in total. The molecule has 0 bridgehead atoms. The second-order valence-corrected chi connectivity index (χ2v) is 9.95. The summed E-state index contributed by atoms with van der Waals surface area (Å²) in [6.45, 7) is 8.90. The van der Waals surface area contributed by atoms with Crippen LogP contribution in [0.3, 0.4) is 0 Å². The third kappa shape index (κ3) is 2.86. The molecule has 0 aliphatic heterocycles. The van der Waals surface area contributed by atoms with Gasteiger partial charge in [0.25, 0.3) is 5.82 Å². The predicted octanol–water partition coefficient (Wildman–Crippen LogP) is 6.34. The van der Waals surface area contributed by atoms with Crippen molar-refractivity contribution in [3.8, 4) is 17.1 Å². The zero-order chi connectivity index (χ0) is 21.0. The number of hydrogen-bond acceptors (Lipinski definition) is 2. The summed E-state index contributed by atoms with van der Waals surface area (Å²) >= 11 is 1.81. The van der Waals surface area contributed by atoms with E-state index in [0.717, 1.165) is 17.0 Å². The van der Waals surface area contributed by atoms with Crippen LogP contribution in [0, 0.1) is 6.92 Å². The molecule has 2 heterocycles. The van der Waals surface area contributed by atoms with Gasteiger partial charge in [-0.2, -0.15) is 4.57 Å². The monoisotopic (exact) mass is 412 g/mol. The minimum Gasteiger partial charge on any atom is -0.240 e. The van der Waals surface area contributed by atoms with Crippen molar-refractivity contribution in [3.63, 3.8) is 0 Å². The molecular formula is C26H26N3S+. The first-order valence-corrected chi connectivity index (χ1v) is 11.1. The normalized spacial score (nSPS) is 12.2. The van der Waals surface area contributed by atoms with Gasteiger partial charge in [0.1, 0.15) is 5.69 Å². The van der Waals surface area contributed by atoms with Gasteiger partial charge in [0.15, 0.2) is 11.0 Å². The van der Waals surface area contributed by atoms with E-state index in [4.69, 9.17) is 4.98 Å². The Labute approximate surface area is 181 Å². The Morgan fingerprint density at radius 2 is 1.60 bits per heavy atom. The van der Waals surface area contributed by atoms with Crippen molar-refractivity contribution >= 4 is 32.6 Å². The molecule has 150 valence electrons. The van der Waals surface area contributed by atoms with Gasteiger partial charge < -0.3 is 0 Å². The van der Waals surface area contributed by atoms with E-state index >= 15 is 0 Å². The second kappa shape index (κ2) is 6.78. The number of thiazole rings is 1.